The largest absolute Gasteiger partial charge is 0.385 e. The van der Waals surface area contributed by atoms with E-state index in [2.05, 4.69) is 45.6 Å². The third kappa shape index (κ3) is 4.98. The quantitative estimate of drug-likeness (QED) is 0.576. The van der Waals surface area contributed by atoms with Gasteiger partial charge >= 0.3 is 0 Å². The Morgan fingerprint density at radius 1 is 1.03 bits per heavy atom. The number of anilines is 1. The molecule has 2 aromatic heterocycles. The second-order valence-corrected chi connectivity index (χ2v) is 7.58. The van der Waals surface area contributed by atoms with Crippen molar-refractivity contribution >= 4 is 17.3 Å². The molecule has 0 spiro atoms. The van der Waals surface area contributed by atoms with Gasteiger partial charge in [-0.05, 0) is 19.3 Å². The number of hydrogen-bond donors (Lipinski definition) is 1. The maximum absolute atomic E-state index is 7.32. The first-order valence-electron chi connectivity index (χ1n) is 11.3. The van der Waals surface area contributed by atoms with Crippen LogP contribution in [0, 0.1) is 11.3 Å². The van der Waals surface area contributed by atoms with Crippen LogP contribution in [0.15, 0.2) is 53.9 Å². The van der Waals surface area contributed by atoms with Crippen molar-refractivity contribution in [2.45, 2.75) is 59.0 Å². The molecule has 3 heterocycles. The summed E-state index contributed by atoms with van der Waals surface area (Å²) in [6.07, 6.45) is 7.98. The zero-order valence-electron chi connectivity index (χ0n) is 19.6. The molecule has 1 atom stereocenters. The molecule has 8 heteroatoms. The van der Waals surface area contributed by atoms with Crippen molar-refractivity contribution in [1.82, 2.24) is 19.9 Å². The highest BCUT2D eigenvalue weighted by Gasteiger charge is 2.33. The molecule has 1 aliphatic rings. The van der Waals surface area contributed by atoms with Crippen LogP contribution in [0.3, 0.4) is 0 Å². The molecule has 0 aliphatic carbocycles. The van der Waals surface area contributed by atoms with E-state index in [0.29, 0.717) is 29.1 Å². The van der Waals surface area contributed by atoms with Gasteiger partial charge in [0.1, 0.15) is 17.2 Å². The minimum absolute atomic E-state index is 0.0283. The van der Waals surface area contributed by atoms with Crippen LogP contribution in [-0.4, -0.2) is 37.9 Å². The summed E-state index contributed by atoms with van der Waals surface area (Å²) in [6.45, 7) is 7.95. The van der Waals surface area contributed by atoms with Crippen LogP contribution < -0.4 is 10.6 Å². The summed E-state index contributed by atoms with van der Waals surface area (Å²) in [4.78, 5) is 25.6. The molecule has 2 N–H and O–H groups in total. The molecule has 0 radical (unpaired) electrons. The summed E-state index contributed by atoms with van der Waals surface area (Å²) < 4.78 is 0. The van der Waals surface area contributed by atoms with Crippen molar-refractivity contribution in [3.05, 3.63) is 48.9 Å². The van der Waals surface area contributed by atoms with E-state index in [0.717, 1.165) is 36.3 Å². The monoisotopic (exact) mass is 442 g/mol. The van der Waals surface area contributed by atoms with Crippen LogP contribution in [0.1, 0.15) is 47.0 Å². The first-order chi connectivity index (χ1) is 16.1. The SMILES string of the molecule is CC#N.CCC(CC)N1c2nc(-c3nccnc3-c3ccccc3)ncc2N=C(N)[C@H]1CC. The summed E-state index contributed by atoms with van der Waals surface area (Å²) in [5, 5.41) is 7.32. The lowest BCUT2D eigenvalue weighted by molar-refractivity contribution is 0.515. The van der Waals surface area contributed by atoms with Crippen LogP contribution >= 0.6 is 0 Å². The number of nitriles is 1. The Kier molecular flexibility index (Phi) is 8.03. The predicted molar refractivity (Wildman–Crippen MR) is 132 cm³/mol. The van der Waals surface area contributed by atoms with Gasteiger partial charge in [0.2, 0.25) is 0 Å². The topological polar surface area (TPSA) is 117 Å². The highest BCUT2D eigenvalue weighted by atomic mass is 15.3. The standard InChI is InChI=1S/C23H27N7.C2H3N/c1-4-16(5-2)30-18(6-3)21(24)28-17-14-27-22(29-23(17)30)20-19(25-12-13-26-20)15-10-8-7-9-11-15;1-2-3/h7-14,16,18H,4-6H2,1-3H3,(H2,24,28);1H3/t18-;/m1./s1. The van der Waals surface area contributed by atoms with Crippen molar-refractivity contribution in [3.63, 3.8) is 0 Å². The minimum atomic E-state index is 0.0283. The molecule has 0 unspecified atom stereocenters. The van der Waals surface area contributed by atoms with Gasteiger partial charge in [0.25, 0.3) is 0 Å². The van der Waals surface area contributed by atoms with Crippen molar-refractivity contribution in [2.24, 2.45) is 10.7 Å². The first kappa shape index (κ1) is 23.8. The molecule has 8 nitrogen and oxygen atoms in total. The van der Waals surface area contributed by atoms with Crippen molar-refractivity contribution in [2.75, 3.05) is 4.90 Å². The van der Waals surface area contributed by atoms with Crippen LogP contribution in [-0.2, 0) is 0 Å². The molecule has 1 aromatic carbocycles. The van der Waals surface area contributed by atoms with Gasteiger partial charge in [0, 0.05) is 30.9 Å². The van der Waals surface area contributed by atoms with E-state index in [1.807, 2.05) is 30.3 Å². The lowest BCUT2D eigenvalue weighted by Gasteiger charge is -2.40. The Hall–Kier alpha value is -3.86. The maximum atomic E-state index is 7.32. The van der Waals surface area contributed by atoms with Gasteiger partial charge in [-0.1, -0.05) is 51.1 Å². The van der Waals surface area contributed by atoms with Gasteiger partial charge in [-0.15, -0.1) is 0 Å². The van der Waals surface area contributed by atoms with Crippen molar-refractivity contribution in [3.8, 4) is 28.8 Å². The lowest BCUT2D eigenvalue weighted by atomic mass is 10.0. The number of amidine groups is 1. The van der Waals surface area contributed by atoms with Crippen molar-refractivity contribution < 1.29 is 0 Å². The molecule has 33 heavy (non-hydrogen) atoms. The average Bonchev–Trinajstić information content (AvgIpc) is 2.85. The Morgan fingerprint density at radius 3 is 2.27 bits per heavy atom. The molecule has 0 fully saturated rings. The van der Waals surface area contributed by atoms with E-state index in [1.54, 1.807) is 24.7 Å². The fourth-order valence-corrected chi connectivity index (χ4v) is 4.08. The van der Waals surface area contributed by atoms with Gasteiger partial charge in [-0.3, -0.25) is 4.98 Å². The normalized spacial score (nSPS) is 14.6. The van der Waals surface area contributed by atoms with Gasteiger partial charge in [0.15, 0.2) is 11.6 Å². The number of aliphatic imine (C=N–C) groups is 1. The van der Waals surface area contributed by atoms with Gasteiger partial charge in [-0.25, -0.2) is 19.9 Å². The number of nitrogens with two attached hydrogens (primary N) is 1. The maximum Gasteiger partial charge on any atom is 0.182 e. The van der Waals surface area contributed by atoms with Gasteiger partial charge in [0.05, 0.1) is 24.0 Å². The van der Waals surface area contributed by atoms with E-state index in [-0.39, 0.29) is 6.04 Å². The zero-order valence-corrected chi connectivity index (χ0v) is 19.6. The molecule has 1 aliphatic heterocycles. The molecule has 170 valence electrons. The average molecular weight is 443 g/mol. The van der Waals surface area contributed by atoms with Crippen LogP contribution in [0.2, 0.25) is 0 Å². The molecular formula is C25H30N8. The summed E-state index contributed by atoms with van der Waals surface area (Å²) in [5.41, 5.74) is 9.43. The highest BCUT2D eigenvalue weighted by molar-refractivity contribution is 5.95. The van der Waals surface area contributed by atoms with E-state index in [4.69, 9.17) is 16.0 Å². The van der Waals surface area contributed by atoms with Crippen molar-refractivity contribution in [1.29, 1.82) is 5.26 Å². The second kappa shape index (κ2) is 11.1. The molecule has 4 rings (SSSR count). The molecule has 3 aromatic rings. The van der Waals surface area contributed by atoms with Crippen LogP contribution in [0.5, 0.6) is 0 Å². The van der Waals surface area contributed by atoms with Gasteiger partial charge in [-0.2, -0.15) is 5.26 Å². The Balaban J connectivity index is 0.000000968. The lowest BCUT2D eigenvalue weighted by Crippen LogP contribution is -2.51. The highest BCUT2D eigenvalue weighted by Crippen LogP contribution is 2.37. The molecule has 0 amide bonds. The van der Waals surface area contributed by atoms with E-state index in [9.17, 15) is 0 Å². The Bertz CT molecular complexity index is 1130. The summed E-state index contributed by atoms with van der Waals surface area (Å²) in [7, 11) is 0. The summed E-state index contributed by atoms with van der Waals surface area (Å²) in [5.74, 6) is 1.99. The Morgan fingerprint density at radius 2 is 1.67 bits per heavy atom. The first-order valence-corrected chi connectivity index (χ1v) is 11.3. The zero-order chi connectivity index (χ0) is 23.8. The predicted octanol–water partition coefficient (Wildman–Crippen LogP) is 4.91. The van der Waals surface area contributed by atoms with E-state index < -0.39 is 0 Å². The number of hydrogen-bond acceptors (Lipinski definition) is 8. The van der Waals surface area contributed by atoms with Crippen LogP contribution in [0.4, 0.5) is 11.5 Å². The van der Waals surface area contributed by atoms with Crippen LogP contribution in [0.25, 0.3) is 22.8 Å². The van der Waals surface area contributed by atoms with E-state index >= 15 is 0 Å². The minimum Gasteiger partial charge on any atom is -0.385 e. The molecule has 0 saturated heterocycles. The molecule has 0 bridgehead atoms. The fourth-order valence-electron chi connectivity index (χ4n) is 4.08. The fraction of sp³-hybridized carbons (Fsp3) is 0.360. The summed E-state index contributed by atoms with van der Waals surface area (Å²) in [6, 6.07) is 12.1. The summed E-state index contributed by atoms with van der Waals surface area (Å²) >= 11 is 0. The Labute approximate surface area is 195 Å². The third-order valence-electron chi connectivity index (χ3n) is 5.60. The smallest absolute Gasteiger partial charge is 0.182 e. The number of rotatable bonds is 6. The number of nitrogens with zero attached hydrogens (tertiary/aromatic N) is 7. The molecular weight excluding hydrogens is 412 g/mol. The third-order valence-corrected chi connectivity index (χ3v) is 5.60. The number of fused-ring (bicyclic) bond motifs is 1. The number of aromatic nitrogens is 4. The second-order valence-electron chi connectivity index (χ2n) is 7.58. The molecule has 0 saturated carbocycles. The van der Waals surface area contributed by atoms with E-state index in [1.165, 1.54) is 6.92 Å². The number of benzene rings is 1. The van der Waals surface area contributed by atoms with Gasteiger partial charge < -0.3 is 10.6 Å².